The van der Waals surface area contributed by atoms with Crippen LogP contribution in [0, 0.1) is 5.92 Å². The van der Waals surface area contributed by atoms with Gasteiger partial charge in [-0.2, -0.15) is 4.99 Å². The summed E-state index contributed by atoms with van der Waals surface area (Å²) in [6, 6.07) is 5.82. The van der Waals surface area contributed by atoms with E-state index in [2.05, 4.69) is 15.6 Å². The van der Waals surface area contributed by atoms with E-state index >= 15 is 0 Å². The third kappa shape index (κ3) is 9.51. The van der Waals surface area contributed by atoms with Crippen LogP contribution in [0.3, 0.4) is 0 Å². The second-order valence-electron chi connectivity index (χ2n) is 8.21. The van der Waals surface area contributed by atoms with E-state index in [1.165, 1.54) is 14.2 Å². The molecule has 1 atom stereocenters. The van der Waals surface area contributed by atoms with Crippen LogP contribution in [0.5, 0.6) is 0 Å². The van der Waals surface area contributed by atoms with Crippen molar-refractivity contribution in [2.75, 3.05) is 14.2 Å². The predicted molar refractivity (Wildman–Crippen MR) is 128 cm³/mol. The zero-order valence-electron chi connectivity index (χ0n) is 19.6. The van der Waals surface area contributed by atoms with Crippen LogP contribution in [-0.4, -0.2) is 49.8 Å². The number of nitrogens with one attached hydrogen (secondary N) is 2. The lowest BCUT2D eigenvalue weighted by molar-refractivity contribution is -0.144. The quantitative estimate of drug-likeness (QED) is 0.379. The molecule has 2 N–H and O–H groups in total. The normalized spacial score (nSPS) is 15.2. The highest BCUT2D eigenvalue weighted by molar-refractivity contribution is 6.40. The molecule has 1 unspecified atom stereocenters. The summed E-state index contributed by atoms with van der Waals surface area (Å²) in [5, 5.41) is 5.56. The third-order valence-electron chi connectivity index (χ3n) is 5.68. The highest BCUT2D eigenvalue weighted by atomic mass is 35.5. The van der Waals surface area contributed by atoms with Gasteiger partial charge in [-0.1, -0.05) is 55.8 Å². The highest BCUT2D eigenvalue weighted by Crippen LogP contribution is 2.27. The zero-order valence-corrected chi connectivity index (χ0v) is 20.4. The molecule has 0 heterocycles. The number of rotatable bonds is 10. The number of ether oxygens (including phenoxy) is 2. The van der Waals surface area contributed by atoms with Crippen molar-refractivity contribution in [1.29, 1.82) is 0 Å². The highest BCUT2D eigenvalue weighted by Gasteiger charge is 2.27. The lowest BCUT2D eigenvalue weighted by Crippen LogP contribution is -2.45. The van der Waals surface area contributed by atoms with Gasteiger partial charge in [-0.15, -0.1) is 0 Å². The summed E-state index contributed by atoms with van der Waals surface area (Å²) in [7, 11) is 2.68. The summed E-state index contributed by atoms with van der Waals surface area (Å²) in [4.78, 5) is 53.2. The monoisotopic (exact) mass is 493 g/mol. The van der Waals surface area contributed by atoms with Gasteiger partial charge >= 0.3 is 12.1 Å². The average molecular weight is 494 g/mol. The van der Waals surface area contributed by atoms with Crippen LogP contribution < -0.4 is 10.6 Å². The summed E-state index contributed by atoms with van der Waals surface area (Å²) in [5.74, 6) is -1.40. The number of amides is 3. The molecule has 0 saturated heterocycles. The fourth-order valence-electron chi connectivity index (χ4n) is 3.80. The average Bonchev–Trinajstić information content (AvgIpc) is 2.84. The van der Waals surface area contributed by atoms with Crippen LogP contribution in [0.15, 0.2) is 29.3 Å². The van der Waals surface area contributed by atoms with Crippen LogP contribution >= 0.6 is 11.6 Å². The predicted octanol–water partition coefficient (Wildman–Crippen LogP) is 3.57. The van der Waals surface area contributed by atoms with Crippen LogP contribution in [0.1, 0.15) is 56.9 Å². The van der Waals surface area contributed by atoms with E-state index in [1.807, 2.05) is 0 Å². The Kier molecular flexibility index (Phi) is 11.5. The smallest absolute Gasteiger partial charge is 0.434 e. The Labute approximate surface area is 204 Å². The van der Waals surface area contributed by atoms with Crippen molar-refractivity contribution < 1.29 is 28.7 Å². The second-order valence-corrected chi connectivity index (χ2v) is 8.65. The lowest BCUT2D eigenvalue weighted by atomic mass is 9.85. The second kappa shape index (κ2) is 14.3. The van der Waals surface area contributed by atoms with E-state index in [4.69, 9.17) is 21.1 Å². The Bertz CT molecular complexity index is 898. The van der Waals surface area contributed by atoms with Crippen LogP contribution in [0.25, 0.3) is 0 Å². The van der Waals surface area contributed by atoms with E-state index in [1.54, 1.807) is 24.3 Å². The maximum Gasteiger partial charge on any atom is 0.434 e. The van der Waals surface area contributed by atoms with Gasteiger partial charge in [-0.25, -0.2) is 9.59 Å². The van der Waals surface area contributed by atoms with Crippen molar-refractivity contribution >= 4 is 41.2 Å². The number of benzene rings is 1. The van der Waals surface area contributed by atoms with Gasteiger partial charge in [0, 0.05) is 18.5 Å². The molecule has 3 amide bonds. The first kappa shape index (κ1) is 27.3. The van der Waals surface area contributed by atoms with Crippen molar-refractivity contribution in [1.82, 2.24) is 10.6 Å². The van der Waals surface area contributed by atoms with E-state index in [-0.39, 0.29) is 37.0 Å². The Morgan fingerprint density at radius 2 is 1.91 bits per heavy atom. The number of hydrogen-bond acceptors (Lipinski definition) is 6. The molecule has 1 saturated carbocycles. The van der Waals surface area contributed by atoms with Crippen LogP contribution in [0.4, 0.5) is 4.79 Å². The molecule has 186 valence electrons. The number of esters is 1. The Morgan fingerprint density at radius 3 is 2.56 bits per heavy atom. The van der Waals surface area contributed by atoms with Crippen molar-refractivity contribution in [3.05, 3.63) is 34.9 Å². The summed E-state index contributed by atoms with van der Waals surface area (Å²) in [6.07, 6.45) is 4.57. The third-order valence-corrected chi connectivity index (χ3v) is 5.91. The molecule has 0 spiro atoms. The minimum Gasteiger partial charge on any atom is -0.467 e. The molecular formula is C24H32ClN3O6. The number of aliphatic imine (C=N–C) groups is 1. The van der Waals surface area contributed by atoms with Gasteiger partial charge in [-0.05, 0) is 36.5 Å². The molecular weight excluding hydrogens is 462 g/mol. The molecule has 0 bridgehead atoms. The molecule has 1 aliphatic rings. The van der Waals surface area contributed by atoms with Gasteiger partial charge in [0.15, 0.2) is 0 Å². The lowest BCUT2D eigenvalue weighted by Gasteiger charge is -2.23. The van der Waals surface area contributed by atoms with Crippen molar-refractivity contribution in [3.8, 4) is 0 Å². The molecule has 0 radical (unpaired) electrons. The minimum atomic E-state index is -1.05. The minimum absolute atomic E-state index is 0.00293. The van der Waals surface area contributed by atoms with Crippen LogP contribution in [-0.2, 0) is 30.5 Å². The maximum absolute atomic E-state index is 13.0. The van der Waals surface area contributed by atoms with Gasteiger partial charge in [0.05, 0.1) is 7.11 Å². The van der Waals surface area contributed by atoms with Gasteiger partial charge in [0.25, 0.3) is 5.91 Å². The first-order valence-electron chi connectivity index (χ1n) is 11.4. The Morgan fingerprint density at radius 1 is 1.18 bits per heavy atom. The fraction of sp³-hybridized carbons (Fsp3) is 0.542. The van der Waals surface area contributed by atoms with E-state index in [0.717, 1.165) is 32.1 Å². The van der Waals surface area contributed by atoms with Crippen molar-refractivity contribution in [2.24, 2.45) is 10.9 Å². The van der Waals surface area contributed by atoms with Crippen molar-refractivity contribution in [3.63, 3.8) is 0 Å². The Hall–Kier alpha value is -2.94. The van der Waals surface area contributed by atoms with E-state index in [9.17, 15) is 19.2 Å². The van der Waals surface area contributed by atoms with E-state index < -0.39 is 24.0 Å². The van der Waals surface area contributed by atoms with Gasteiger partial charge in [0.1, 0.15) is 18.4 Å². The SMILES string of the molecule is CNC(=O)CCC(NC(=O)C(CC1CCCCC1)=NC(=O)OCc1cccc(Cl)c1)C(=O)OC. The Balaban J connectivity index is 2.12. The molecule has 1 aliphatic carbocycles. The van der Waals surface area contributed by atoms with Crippen LogP contribution in [0.2, 0.25) is 5.02 Å². The first-order chi connectivity index (χ1) is 16.3. The molecule has 1 fully saturated rings. The number of carbonyl (C=O) groups excluding carboxylic acids is 4. The van der Waals surface area contributed by atoms with E-state index in [0.29, 0.717) is 17.0 Å². The summed E-state index contributed by atoms with van der Waals surface area (Å²) in [5.41, 5.74) is 0.686. The summed E-state index contributed by atoms with van der Waals surface area (Å²) in [6.45, 7) is -0.0435. The topological polar surface area (TPSA) is 123 Å². The summed E-state index contributed by atoms with van der Waals surface area (Å²) < 4.78 is 9.97. The zero-order chi connectivity index (χ0) is 24.9. The number of carbonyl (C=O) groups is 4. The molecule has 9 nitrogen and oxygen atoms in total. The van der Waals surface area contributed by atoms with Gasteiger partial charge in [0.2, 0.25) is 5.91 Å². The maximum atomic E-state index is 13.0. The first-order valence-corrected chi connectivity index (χ1v) is 11.8. The summed E-state index contributed by atoms with van der Waals surface area (Å²) >= 11 is 5.95. The number of hydrogen-bond donors (Lipinski definition) is 2. The standard InChI is InChI=1S/C24H32ClN3O6/c1-26-21(29)12-11-19(23(31)33-2)27-22(30)20(14-16-7-4-3-5-8-16)28-24(32)34-15-17-9-6-10-18(25)13-17/h6,9-10,13,16,19H,3-5,7-8,11-12,14-15H2,1-2H3,(H,26,29)(H,27,30). The van der Waals surface area contributed by atoms with Gasteiger partial charge in [-0.3, -0.25) is 9.59 Å². The number of halogens is 1. The van der Waals surface area contributed by atoms with Gasteiger partial charge < -0.3 is 20.1 Å². The fourth-order valence-corrected chi connectivity index (χ4v) is 4.01. The molecule has 1 aromatic rings. The van der Waals surface area contributed by atoms with Crippen molar-refractivity contribution in [2.45, 2.75) is 64.0 Å². The number of nitrogens with zero attached hydrogens (tertiary/aromatic N) is 1. The molecule has 10 heteroatoms. The molecule has 2 rings (SSSR count). The number of methoxy groups -OCH3 is 1. The largest absolute Gasteiger partial charge is 0.467 e. The molecule has 1 aromatic carbocycles. The molecule has 0 aromatic heterocycles. The molecule has 34 heavy (non-hydrogen) atoms. The molecule has 0 aliphatic heterocycles.